The predicted octanol–water partition coefficient (Wildman–Crippen LogP) is 5.47. The van der Waals surface area contributed by atoms with Crippen LogP contribution < -0.4 is 10.1 Å². The van der Waals surface area contributed by atoms with E-state index in [0.29, 0.717) is 6.61 Å². The maximum Gasteiger partial charge on any atom is 0.133 e. The van der Waals surface area contributed by atoms with Crippen LogP contribution in [0.3, 0.4) is 0 Å². The summed E-state index contributed by atoms with van der Waals surface area (Å²) in [4.78, 5) is 0. The zero-order valence-corrected chi connectivity index (χ0v) is 14.8. The van der Waals surface area contributed by atoms with Gasteiger partial charge in [-0.25, -0.2) is 0 Å². The van der Waals surface area contributed by atoms with Crippen LogP contribution in [-0.4, -0.2) is 13.2 Å². The minimum Gasteiger partial charge on any atom is -0.491 e. The Morgan fingerprint density at radius 3 is 2.26 bits per heavy atom. The fourth-order valence-electron chi connectivity index (χ4n) is 1.52. The Morgan fingerprint density at radius 1 is 0.895 bits per heavy atom. The molecule has 0 aliphatic heterocycles. The van der Waals surface area contributed by atoms with Gasteiger partial charge in [0, 0.05) is 21.2 Å². The van der Waals surface area contributed by atoms with Crippen molar-refractivity contribution in [1.29, 1.82) is 0 Å². The first kappa shape index (κ1) is 14.9. The van der Waals surface area contributed by atoms with Crippen LogP contribution in [0.15, 0.2) is 55.9 Å². The second kappa shape index (κ2) is 7.31. The van der Waals surface area contributed by atoms with Crippen molar-refractivity contribution in [2.45, 2.75) is 0 Å². The molecule has 2 aromatic carbocycles. The summed E-state index contributed by atoms with van der Waals surface area (Å²) in [7, 11) is 0. The number of rotatable bonds is 5. The van der Waals surface area contributed by atoms with Gasteiger partial charge in [-0.1, -0.05) is 31.9 Å². The molecular weight excluding hydrogens is 438 g/mol. The van der Waals surface area contributed by atoms with E-state index in [9.17, 15) is 0 Å². The average Bonchev–Trinajstić information content (AvgIpc) is 2.39. The molecule has 0 aliphatic carbocycles. The SMILES string of the molecule is Brc1ccc(NCCOc2ccc(Br)cc2Br)cc1. The number of halogens is 3. The Bertz CT molecular complexity index is 543. The Balaban J connectivity index is 1.79. The first-order chi connectivity index (χ1) is 9.15. The summed E-state index contributed by atoms with van der Waals surface area (Å²) in [6.07, 6.45) is 0. The molecule has 2 nitrogen and oxygen atoms in total. The topological polar surface area (TPSA) is 21.3 Å². The van der Waals surface area contributed by atoms with E-state index in [4.69, 9.17) is 4.74 Å². The van der Waals surface area contributed by atoms with Crippen LogP contribution in [-0.2, 0) is 0 Å². The molecule has 0 heterocycles. The third kappa shape index (κ3) is 4.82. The van der Waals surface area contributed by atoms with E-state index in [1.807, 2.05) is 42.5 Å². The van der Waals surface area contributed by atoms with Gasteiger partial charge in [-0.2, -0.15) is 0 Å². The Morgan fingerprint density at radius 2 is 1.58 bits per heavy atom. The Hall–Kier alpha value is -0.520. The van der Waals surface area contributed by atoms with Crippen molar-refractivity contribution in [1.82, 2.24) is 0 Å². The van der Waals surface area contributed by atoms with Crippen molar-refractivity contribution in [2.75, 3.05) is 18.5 Å². The molecule has 0 spiro atoms. The van der Waals surface area contributed by atoms with Gasteiger partial charge < -0.3 is 10.1 Å². The van der Waals surface area contributed by atoms with Crippen LogP contribution in [0.1, 0.15) is 0 Å². The molecule has 0 aliphatic rings. The number of hydrogen-bond donors (Lipinski definition) is 1. The molecule has 0 fully saturated rings. The molecule has 5 heteroatoms. The van der Waals surface area contributed by atoms with Crippen molar-refractivity contribution < 1.29 is 4.74 Å². The van der Waals surface area contributed by atoms with E-state index in [-0.39, 0.29) is 0 Å². The van der Waals surface area contributed by atoms with Crippen LogP contribution in [0.25, 0.3) is 0 Å². The molecule has 2 rings (SSSR count). The van der Waals surface area contributed by atoms with Crippen LogP contribution in [0, 0.1) is 0 Å². The second-order valence-corrected chi connectivity index (χ2v) is 6.54. The summed E-state index contributed by atoms with van der Waals surface area (Å²) in [5.41, 5.74) is 1.08. The van der Waals surface area contributed by atoms with Crippen molar-refractivity contribution >= 4 is 53.5 Å². The van der Waals surface area contributed by atoms with Gasteiger partial charge in [-0.15, -0.1) is 0 Å². The highest BCUT2D eigenvalue weighted by Gasteiger charge is 2.01. The number of benzene rings is 2. The summed E-state index contributed by atoms with van der Waals surface area (Å²) < 4.78 is 8.75. The zero-order chi connectivity index (χ0) is 13.7. The van der Waals surface area contributed by atoms with Gasteiger partial charge in [-0.05, 0) is 58.4 Å². The van der Waals surface area contributed by atoms with Gasteiger partial charge in [0.05, 0.1) is 4.47 Å². The number of ether oxygens (including phenoxy) is 1. The maximum atomic E-state index is 5.70. The quantitative estimate of drug-likeness (QED) is 0.611. The van der Waals surface area contributed by atoms with Crippen LogP contribution >= 0.6 is 47.8 Å². The summed E-state index contributed by atoms with van der Waals surface area (Å²) >= 11 is 10.3. The second-order valence-electron chi connectivity index (χ2n) is 3.86. The van der Waals surface area contributed by atoms with Gasteiger partial charge in [0.1, 0.15) is 12.4 Å². The molecule has 0 saturated carbocycles. The van der Waals surface area contributed by atoms with Crippen molar-refractivity contribution in [2.24, 2.45) is 0 Å². The first-order valence-corrected chi connectivity index (χ1v) is 8.10. The van der Waals surface area contributed by atoms with E-state index in [1.165, 1.54) is 0 Å². The lowest BCUT2D eigenvalue weighted by Crippen LogP contribution is -2.11. The van der Waals surface area contributed by atoms with E-state index in [2.05, 4.69) is 53.1 Å². The minimum absolute atomic E-state index is 0.607. The van der Waals surface area contributed by atoms with E-state index in [0.717, 1.165) is 31.4 Å². The molecule has 0 amide bonds. The van der Waals surface area contributed by atoms with Crippen molar-refractivity contribution in [3.63, 3.8) is 0 Å². The summed E-state index contributed by atoms with van der Waals surface area (Å²) in [5.74, 6) is 0.848. The molecule has 0 bridgehead atoms. The van der Waals surface area contributed by atoms with E-state index >= 15 is 0 Å². The third-order valence-corrected chi connectivity index (χ3v) is 4.07. The predicted molar refractivity (Wildman–Crippen MR) is 90.0 cm³/mol. The minimum atomic E-state index is 0.607. The van der Waals surface area contributed by atoms with Crippen LogP contribution in [0.4, 0.5) is 5.69 Å². The number of anilines is 1. The molecule has 0 radical (unpaired) electrons. The lowest BCUT2D eigenvalue weighted by Gasteiger charge is -2.10. The normalized spacial score (nSPS) is 10.3. The van der Waals surface area contributed by atoms with Gasteiger partial charge in [-0.3, -0.25) is 0 Å². The van der Waals surface area contributed by atoms with Crippen LogP contribution in [0.5, 0.6) is 5.75 Å². The fraction of sp³-hybridized carbons (Fsp3) is 0.143. The molecule has 100 valence electrons. The zero-order valence-electron chi connectivity index (χ0n) is 10.00. The Kier molecular flexibility index (Phi) is 5.73. The van der Waals surface area contributed by atoms with Crippen molar-refractivity contribution in [3.8, 4) is 5.75 Å². The van der Waals surface area contributed by atoms with Gasteiger partial charge >= 0.3 is 0 Å². The summed E-state index contributed by atoms with van der Waals surface area (Å²) in [6.45, 7) is 1.36. The largest absolute Gasteiger partial charge is 0.491 e. The summed E-state index contributed by atoms with van der Waals surface area (Å²) in [6, 6.07) is 13.9. The third-order valence-electron chi connectivity index (χ3n) is 2.43. The molecule has 19 heavy (non-hydrogen) atoms. The molecule has 0 unspecified atom stereocenters. The van der Waals surface area contributed by atoms with Crippen LogP contribution in [0.2, 0.25) is 0 Å². The molecule has 0 saturated heterocycles. The molecular formula is C14H12Br3NO. The lowest BCUT2D eigenvalue weighted by molar-refractivity contribution is 0.331. The molecule has 2 aromatic rings. The van der Waals surface area contributed by atoms with Gasteiger partial charge in [0.25, 0.3) is 0 Å². The highest BCUT2D eigenvalue weighted by molar-refractivity contribution is 9.11. The van der Waals surface area contributed by atoms with E-state index in [1.54, 1.807) is 0 Å². The van der Waals surface area contributed by atoms with Gasteiger partial charge in [0.15, 0.2) is 0 Å². The van der Waals surface area contributed by atoms with E-state index < -0.39 is 0 Å². The number of hydrogen-bond acceptors (Lipinski definition) is 2. The molecule has 0 atom stereocenters. The molecule has 0 aromatic heterocycles. The monoisotopic (exact) mass is 447 g/mol. The lowest BCUT2D eigenvalue weighted by atomic mass is 10.3. The smallest absolute Gasteiger partial charge is 0.133 e. The highest BCUT2D eigenvalue weighted by atomic mass is 79.9. The first-order valence-electron chi connectivity index (χ1n) is 5.72. The maximum absolute atomic E-state index is 5.70. The standard InChI is InChI=1S/C14H12Br3NO/c15-10-1-4-12(5-2-10)18-7-8-19-14-6-3-11(16)9-13(14)17/h1-6,9,18H,7-8H2. The highest BCUT2D eigenvalue weighted by Crippen LogP contribution is 2.28. The van der Waals surface area contributed by atoms with Gasteiger partial charge in [0.2, 0.25) is 0 Å². The van der Waals surface area contributed by atoms with Crippen molar-refractivity contribution in [3.05, 3.63) is 55.9 Å². The Labute approximate surface area is 137 Å². The number of nitrogens with one attached hydrogen (secondary N) is 1. The average molecular weight is 450 g/mol. The molecule has 1 N–H and O–H groups in total. The fourth-order valence-corrected chi connectivity index (χ4v) is 2.94. The summed E-state index contributed by atoms with van der Waals surface area (Å²) in [5, 5.41) is 3.30.